The Kier molecular flexibility index (Phi) is 4.85. The molecule has 146 valence electrons. The first-order valence-corrected chi connectivity index (χ1v) is 9.73. The molecule has 0 aromatic heterocycles. The van der Waals surface area contributed by atoms with Crippen molar-refractivity contribution in [3.05, 3.63) is 23.8 Å². The number of piperidine rings is 1. The third-order valence-corrected chi connectivity index (χ3v) is 5.92. The Morgan fingerprint density at radius 1 is 1.26 bits per heavy atom. The SMILES string of the molecule is COc1ccc(C2=NOC3(CCN(C(N)=O)CC3)C2)cc1OC1CCCC1. The van der Waals surface area contributed by atoms with E-state index >= 15 is 0 Å². The van der Waals surface area contributed by atoms with Gasteiger partial charge in [-0.2, -0.15) is 0 Å². The highest BCUT2D eigenvalue weighted by Crippen LogP contribution is 2.38. The van der Waals surface area contributed by atoms with Crippen LogP contribution in [0.1, 0.15) is 50.5 Å². The molecule has 1 aromatic rings. The molecule has 2 aliphatic heterocycles. The molecule has 7 nitrogen and oxygen atoms in total. The molecule has 1 saturated carbocycles. The molecular formula is C20H27N3O4. The number of hydrogen-bond acceptors (Lipinski definition) is 5. The average Bonchev–Trinajstić information content (AvgIpc) is 3.33. The van der Waals surface area contributed by atoms with Crippen LogP contribution in [0, 0.1) is 0 Å². The summed E-state index contributed by atoms with van der Waals surface area (Å²) >= 11 is 0. The van der Waals surface area contributed by atoms with Crippen molar-refractivity contribution in [2.45, 2.75) is 56.7 Å². The number of oxime groups is 1. The number of amides is 2. The van der Waals surface area contributed by atoms with Crippen molar-refractivity contribution in [3.8, 4) is 11.5 Å². The molecule has 1 aliphatic carbocycles. The average molecular weight is 373 g/mol. The van der Waals surface area contributed by atoms with E-state index in [1.165, 1.54) is 12.8 Å². The van der Waals surface area contributed by atoms with Crippen molar-refractivity contribution in [3.63, 3.8) is 0 Å². The molecule has 0 unspecified atom stereocenters. The van der Waals surface area contributed by atoms with Gasteiger partial charge in [0.2, 0.25) is 0 Å². The highest BCUT2D eigenvalue weighted by atomic mass is 16.7. The zero-order valence-electron chi connectivity index (χ0n) is 15.8. The van der Waals surface area contributed by atoms with Crippen molar-refractivity contribution < 1.29 is 19.1 Å². The summed E-state index contributed by atoms with van der Waals surface area (Å²) in [7, 11) is 1.66. The molecular weight excluding hydrogens is 346 g/mol. The van der Waals surface area contributed by atoms with Crippen LogP contribution in [-0.4, -0.2) is 48.5 Å². The smallest absolute Gasteiger partial charge is 0.314 e. The van der Waals surface area contributed by atoms with Crippen LogP contribution in [0.25, 0.3) is 0 Å². The number of hydrogen-bond donors (Lipinski definition) is 1. The Morgan fingerprint density at radius 2 is 2.00 bits per heavy atom. The number of carbonyl (C=O) groups is 1. The second-order valence-electron chi connectivity index (χ2n) is 7.70. The number of primary amides is 1. The van der Waals surface area contributed by atoms with E-state index in [-0.39, 0.29) is 17.7 Å². The zero-order chi connectivity index (χ0) is 18.9. The van der Waals surface area contributed by atoms with Crippen LogP contribution in [0.15, 0.2) is 23.4 Å². The highest BCUT2D eigenvalue weighted by Gasteiger charge is 2.43. The largest absolute Gasteiger partial charge is 0.493 e. The molecule has 2 N–H and O–H groups in total. The lowest BCUT2D eigenvalue weighted by Gasteiger charge is -2.36. The molecule has 3 aliphatic rings. The first kappa shape index (κ1) is 17.9. The van der Waals surface area contributed by atoms with E-state index in [1.807, 2.05) is 18.2 Å². The maximum Gasteiger partial charge on any atom is 0.314 e. The normalized spacial score (nSPS) is 21.8. The second kappa shape index (κ2) is 7.29. The molecule has 0 radical (unpaired) electrons. The van der Waals surface area contributed by atoms with E-state index < -0.39 is 0 Å². The topological polar surface area (TPSA) is 86.4 Å². The number of nitrogens with zero attached hydrogens (tertiary/aromatic N) is 2. The van der Waals surface area contributed by atoms with Crippen LogP contribution >= 0.6 is 0 Å². The summed E-state index contributed by atoms with van der Waals surface area (Å²) < 4.78 is 11.7. The lowest BCUT2D eigenvalue weighted by Crippen LogP contribution is -2.48. The zero-order valence-corrected chi connectivity index (χ0v) is 15.8. The number of methoxy groups -OCH3 is 1. The molecule has 1 spiro atoms. The Bertz CT molecular complexity index is 735. The Labute approximate surface area is 159 Å². The van der Waals surface area contributed by atoms with Gasteiger partial charge in [-0.3, -0.25) is 0 Å². The standard InChI is InChI=1S/C20H27N3O4/c1-25-17-7-6-14(12-18(17)26-15-4-2-3-5-15)16-13-20(27-22-16)8-10-23(11-9-20)19(21)24/h6-7,12,15H,2-5,8-11,13H2,1H3,(H2,21,24). The Morgan fingerprint density at radius 3 is 2.67 bits per heavy atom. The van der Waals surface area contributed by atoms with E-state index in [0.717, 1.165) is 54.9 Å². The van der Waals surface area contributed by atoms with Crippen LogP contribution in [0.3, 0.4) is 0 Å². The molecule has 0 bridgehead atoms. The van der Waals surface area contributed by atoms with E-state index in [1.54, 1.807) is 12.0 Å². The van der Waals surface area contributed by atoms with Gasteiger partial charge in [-0.05, 0) is 43.9 Å². The molecule has 2 fully saturated rings. The summed E-state index contributed by atoms with van der Waals surface area (Å²) in [5, 5.41) is 4.37. The van der Waals surface area contributed by atoms with Gasteiger partial charge in [0.1, 0.15) is 5.60 Å². The van der Waals surface area contributed by atoms with E-state index in [0.29, 0.717) is 13.1 Å². The van der Waals surface area contributed by atoms with Crippen LogP contribution in [0.2, 0.25) is 0 Å². The first-order valence-electron chi connectivity index (χ1n) is 9.73. The number of urea groups is 1. The van der Waals surface area contributed by atoms with Crippen molar-refractivity contribution in [1.29, 1.82) is 0 Å². The summed E-state index contributed by atoms with van der Waals surface area (Å²) in [5.74, 6) is 1.52. The number of carbonyl (C=O) groups excluding carboxylic acids is 1. The molecule has 1 aromatic carbocycles. The maximum absolute atomic E-state index is 11.3. The van der Waals surface area contributed by atoms with Crippen LogP contribution in [-0.2, 0) is 4.84 Å². The summed E-state index contributed by atoms with van der Waals surface area (Å²) in [6.45, 7) is 1.22. The van der Waals surface area contributed by atoms with Gasteiger partial charge >= 0.3 is 6.03 Å². The number of rotatable bonds is 4. The predicted molar refractivity (Wildman–Crippen MR) is 101 cm³/mol. The van der Waals surface area contributed by atoms with E-state index in [2.05, 4.69) is 5.16 Å². The van der Waals surface area contributed by atoms with Crippen molar-refractivity contribution in [2.75, 3.05) is 20.2 Å². The second-order valence-corrected chi connectivity index (χ2v) is 7.70. The van der Waals surface area contributed by atoms with Crippen LogP contribution in [0.5, 0.6) is 11.5 Å². The van der Waals surface area contributed by atoms with Gasteiger partial charge in [-0.1, -0.05) is 5.16 Å². The minimum atomic E-state index is -0.368. The predicted octanol–water partition coefficient (Wildman–Crippen LogP) is 3.05. The fourth-order valence-electron chi connectivity index (χ4n) is 4.21. The van der Waals surface area contributed by atoms with Gasteiger partial charge < -0.3 is 24.9 Å². The molecule has 4 rings (SSSR count). The summed E-state index contributed by atoms with van der Waals surface area (Å²) in [6, 6.07) is 5.58. The molecule has 2 heterocycles. The Balaban J connectivity index is 1.46. The first-order chi connectivity index (χ1) is 13.1. The fraction of sp³-hybridized carbons (Fsp3) is 0.600. The highest BCUT2D eigenvalue weighted by molar-refractivity contribution is 6.02. The van der Waals surface area contributed by atoms with Crippen molar-refractivity contribution in [1.82, 2.24) is 4.90 Å². The minimum Gasteiger partial charge on any atom is -0.493 e. The molecule has 1 saturated heterocycles. The molecule has 7 heteroatoms. The van der Waals surface area contributed by atoms with Gasteiger partial charge in [0.15, 0.2) is 11.5 Å². The van der Waals surface area contributed by atoms with E-state index in [4.69, 9.17) is 20.0 Å². The molecule has 27 heavy (non-hydrogen) atoms. The fourth-order valence-corrected chi connectivity index (χ4v) is 4.21. The summed E-state index contributed by atoms with van der Waals surface area (Å²) in [5.41, 5.74) is 6.97. The number of benzene rings is 1. The lowest BCUT2D eigenvalue weighted by atomic mass is 9.85. The third-order valence-electron chi connectivity index (χ3n) is 5.92. The summed E-state index contributed by atoms with van der Waals surface area (Å²) in [6.07, 6.45) is 7.11. The lowest BCUT2D eigenvalue weighted by molar-refractivity contribution is -0.0546. The van der Waals surface area contributed by atoms with Crippen molar-refractivity contribution in [2.24, 2.45) is 10.9 Å². The van der Waals surface area contributed by atoms with Gasteiger partial charge in [0.25, 0.3) is 0 Å². The van der Waals surface area contributed by atoms with Crippen molar-refractivity contribution >= 4 is 11.7 Å². The van der Waals surface area contributed by atoms with Gasteiger partial charge in [0, 0.05) is 37.9 Å². The van der Waals surface area contributed by atoms with Crippen LogP contribution < -0.4 is 15.2 Å². The van der Waals surface area contributed by atoms with Gasteiger partial charge in [0.05, 0.1) is 18.9 Å². The maximum atomic E-state index is 11.3. The summed E-state index contributed by atoms with van der Waals surface area (Å²) in [4.78, 5) is 18.8. The minimum absolute atomic E-state index is 0.264. The van der Waals surface area contributed by atoms with E-state index in [9.17, 15) is 4.79 Å². The van der Waals surface area contributed by atoms with Crippen LogP contribution in [0.4, 0.5) is 4.79 Å². The monoisotopic (exact) mass is 373 g/mol. The number of ether oxygens (including phenoxy) is 2. The third kappa shape index (κ3) is 3.68. The van der Waals surface area contributed by atoms with Gasteiger partial charge in [-0.15, -0.1) is 0 Å². The van der Waals surface area contributed by atoms with Gasteiger partial charge in [-0.25, -0.2) is 4.79 Å². The quantitative estimate of drug-likeness (QED) is 0.879. The molecule has 2 amide bonds. The Hall–Kier alpha value is -2.44. The molecule has 0 atom stereocenters. The number of nitrogens with two attached hydrogens (primary N) is 1. The number of likely N-dealkylation sites (tertiary alicyclic amines) is 1.